The molecule has 3 rings (SSSR count). The van der Waals surface area contributed by atoms with Gasteiger partial charge in [0.25, 0.3) is 0 Å². The van der Waals surface area contributed by atoms with Crippen molar-refractivity contribution in [3.63, 3.8) is 0 Å². The summed E-state index contributed by atoms with van der Waals surface area (Å²) >= 11 is 0. The van der Waals surface area contributed by atoms with Gasteiger partial charge in [0.1, 0.15) is 5.82 Å². The van der Waals surface area contributed by atoms with Gasteiger partial charge in [-0.25, -0.2) is 4.98 Å². The third-order valence-electron chi connectivity index (χ3n) is 3.55. The second kappa shape index (κ2) is 5.55. The van der Waals surface area contributed by atoms with E-state index in [2.05, 4.69) is 34.5 Å². The molecule has 4 heteroatoms. The maximum atomic E-state index is 5.56. The van der Waals surface area contributed by atoms with E-state index in [1.807, 2.05) is 19.2 Å². The monoisotopic (exact) mass is 257 g/mol. The minimum Gasteiger partial charge on any atom is -0.377 e. The zero-order chi connectivity index (χ0) is 13.1. The summed E-state index contributed by atoms with van der Waals surface area (Å²) in [5, 5.41) is 4.41. The summed E-state index contributed by atoms with van der Waals surface area (Å²) in [4.78, 5) is 7.11. The third kappa shape index (κ3) is 2.55. The molecule has 1 N–H and O–H groups in total. The van der Waals surface area contributed by atoms with Crippen molar-refractivity contribution in [1.29, 1.82) is 0 Å². The second-order valence-electron chi connectivity index (χ2n) is 4.84. The number of nitrogens with zero attached hydrogens (tertiary/aromatic N) is 2. The summed E-state index contributed by atoms with van der Waals surface area (Å²) in [5.74, 6) is 1.04. The number of ether oxygens (including phenoxy) is 1. The fourth-order valence-electron chi connectivity index (χ4n) is 2.58. The van der Waals surface area contributed by atoms with Gasteiger partial charge in [-0.05, 0) is 25.2 Å². The molecule has 1 aromatic carbocycles. The van der Waals surface area contributed by atoms with Crippen LogP contribution >= 0.6 is 0 Å². The molecule has 1 atom stereocenters. The Morgan fingerprint density at radius 2 is 2.21 bits per heavy atom. The van der Waals surface area contributed by atoms with Crippen LogP contribution in [0.4, 0.5) is 5.82 Å². The van der Waals surface area contributed by atoms with Gasteiger partial charge in [0.05, 0.1) is 24.8 Å². The summed E-state index contributed by atoms with van der Waals surface area (Å²) in [5.41, 5.74) is 1.05. The van der Waals surface area contributed by atoms with E-state index in [-0.39, 0.29) is 0 Å². The highest BCUT2D eigenvalue weighted by Gasteiger charge is 2.23. The van der Waals surface area contributed by atoms with Gasteiger partial charge in [-0.15, -0.1) is 0 Å². The molecule has 1 saturated heterocycles. The zero-order valence-corrected chi connectivity index (χ0v) is 11.2. The van der Waals surface area contributed by atoms with Gasteiger partial charge in [-0.1, -0.05) is 18.2 Å². The van der Waals surface area contributed by atoms with Crippen LogP contribution in [0.5, 0.6) is 0 Å². The Balaban J connectivity index is 1.92. The molecule has 19 heavy (non-hydrogen) atoms. The molecule has 1 unspecified atom stereocenters. The van der Waals surface area contributed by atoms with Gasteiger partial charge in [0.2, 0.25) is 0 Å². The molecular weight excluding hydrogens is 238 g/mol. The number of fused-ring (bicyclic) bond motifs is 1. The van der Waals surface area contributed by atoms with Crippen LogP contribution in [0.25, 0.3) is 10.9 Å². The molecule has 0 bridgehead atoms. The summed E-state index contributed by atoms with van der Waals surface area (Å²) in [6.07, 6.45) is 0. The minimum atomic E-state index is 0.354. The fourth-order valence-corrected chi connectivity index (χ4v) is 2.58. The number of anilines is 1. The summed E-state index contributed by atoms with van der Waals surface area (Å²) in [7, 11) is 1.97. The number of para-hydroxylation sites is 1. The molecule has 1 aliphatic heterocycles. The van der Waals surface area contributed by atoms with Gasteiger partial charge in [0.15, 0.2) is 0 Å². The number of hydrogen-bond acceptors (Lipinski definition) is 4. The lowest BCUT2D eigenvalue weighted by Crippen LogP contribution is -2.50. The van der Waals surface area contributed by atoms with Crippen LogP contribution < -0.4 is 10.2 Å². The fraction of sp³-hybridized carbons (Fsp3) is 0.400. The Morgan fingerprint density at radius 1 is 1.32 bits per heavy atom. The molecule has 2 heterocycles. The van der Waals surface area contributed by atoms with E-state index in [0.717, 1.165) is 37.6 Å². The highest BCUT2D eigenvalue weighted by molar-refractivity contribution is 5.80. The van der Waals surface area contributed by atoms with Crippen LogP contribution in [-0.2, 0) is 4.74 Å². The van der Waals surface area contributed by atoms with Crippen LogP contribution in [0.15, 0.2) is 36.4 Å². The van der Waals surface area contributed by atoms with Crippen molar-refractivity contribution < 1.29 is 4.74 Å². The Hall–Kier alpha value is -1.65. The number of morpholine rings is 1. The van der Waals surface area contributed by atoms with Crippen LogP contribution in [0, 0.1) is 0 Å². The maximum Gasteiger partial charge on any atom is 0.129 e. The first kappa shape index (κ1) is 12.4. The molecule has 100 valence electrons. The number of aromatic nitrogens is 1. The number of nitrogens with one attached hydrogen (secondary N) is 1. The number of pyridine rings is 1. The van der Waals surface area contributed by atoms with Crippen molar-refractivity contribution >= 4 is 16.7 Å². The highest BCUT2D eigenvalue weighted by atomic mass is 16.5. The first-order chi connectivity index (χ1) is 9.38. The van der Waals surface area contributed by atoms with Crippen molar-refractivity contribution in [3.05, 3.63) is 36.4 Å². The van der Waals surface area contributed by atoms with Crippen molar-refractivity contribution in [2.24, 2.45) is 0 Å². The van der Waals surface area contributed by atoms with E-state index in [9.17, 15) is 0 Å². The van der Waals surface area contributed by atoms with Crippen molar-refractivity contribution in [1.82, 2.24) is 10.3 Å². The summed E-state index contributed by atoms with van der Waals surface area (Å²) in [6, 6.07) is 12.8. The predicted octanol–water partition coefficient (Wildman–Crippen LogP) is 1.66. The normalized spacial score (nSPS) is 19.8. The molecular formula is C15H19N3O. The average molecular weight is 257 g/mol. The molecule has 0 aliphatic carbocycles. The number of hydrogen-bond donors (Lipinski definition) is 1. The molecule has 0 amide bonds. The molecule has 0 radical (unpaired) electrons. The van der Waals surface area contributed by atoms with Gasteiger partial charge in [-0.3, -0.25) is 0 Å². The average Bonchev–Trinajstić information content (AvgIpc) is 2.48. The molecule has 1 fully saturated rings. The van der Waals surface area contributed by atoms with Gasteiger partial charge in [0, 0.05) is 18.5 Å². The SMILES string of the molecule is CNCC1COCCN1c1ccc2ccccc2n1. The molecule has 1 aliphatic rings. The number of rotatable bonds is 3. The molecule has 0 spiro atoms. The lowest BCUT2D eigenvalue weighted by Gasteiger charge is -2.36. The number of likely N-dealkylation sites (N-methyl/N-ethyl adjacent to an activating group) is 1. The Morgan fingerprint density at radius 3 is 3.11 bits per heavy atom. The van der Waals surface area contributed by atoms with E-state index in [1.165, 1.54) is 5.39 Å². The summed E-state index contributed by atoms with van der Waals surface area (Å²) < 4.78 is 5.56. The first-order valence-electron chi connectivity index (χ1n) is 6.73. The smallest absolute Gasteiger partial charge is 0.129 e. The van der Waals surface area contributed by atoms with Gasteiger partial charge < -0.3 is 15.0 Å². The minimum absolute atomic E-state index is 0.354. The summed E-state index contributed by atoms with van der Waals surface area (Å²) in [6.45, 7) is 3.34. The topological polar surface area (TPSA) is 37.4 Å². The van der Waals surface area contributed by atoms with Gasteiger partial charge in [-0.2, -0.15) is 0 Å². The van der Waals surface area contributed by atoms with Crippen molar-refractivity contribution in [2.75, 3.05) is 38.3 Å². The third-order valence-corrected chi connectivity index (χ3v) is 3.55. The predicted molar refractivity (Wildman–Crippen MR) is 77.6 cm³/mol. The molecule has 1 aromatic heterocycles. The van der Waals surface area contributed by atoms with Crippen LogP contribution in [-0.4, -0.2) is 44.4 Å². The van der Waals surface area contributed by atoms with Crippen molar-refractivity contribution in [3.8, 4) is 0 Å². The van der Waals surface area contributed by atoms with E-state index < -0.39 is 0 Å². The molecule has 0 saturated carbocycles. The molecule has 2 aromatic rings. The van der Waals surface area contributed by atoms with Crippen LogP contribution in [0.3, 0.4) is 0 Å². The van der Waals surface area contributed by atoms with Gasteiger partial charge >= 0.3 is 0 Å². The van der Waals surface area contributed by atoms with E-state index in [0.29, 0.717) is 6.04 Å². The highest BCUT2D eigenvalue weighted by Crippen LogP contribution is 2.21. The zero-order valence-electron chi connectivity index (χ0n) is 11.2. The van der Waals surface area contributed by atoms with E-state index in [4.69, 9.17) is 9.72 Å². The second-order valence-corrected chi connectivity index (χ2v) is 4.84. The Kier molecular flexibility index (Phi) is 3.62. The van der Waals surface area contributed by atoms with E-state index >= 15 is 0 Å². The van der Waals surface area contributed by atoms with Crippen LogP contribution in [0.2, 0.25) is 0 Å². The standard InChI is InChI=1S/C15H19N3O/c1-16-10-13-11-19-9-8-18(13)15-7-6-12-4-2-3-5-14(12)17-15/h2-7,13,16H,8-11H2,1H3. The van der Waals surface area contributed by atoms with E-state index in [1.54, 1.807) is 0 Å². The largest absolute Gasteiger partial charge is 0.377 e. The first-order valence-corrected chi connectivity index (χ1v) is 6.73. The quantitative estimate of drug-likeness (QED) is 0.907. The van der Waals surface area contributed by atoms with Crippen molar-refractivity contribution in [2.45, 2.75) is 6.04 Å². The maximum absolute atomic E-state index is 5.56. The lowest BCUT2D eigenvalue weighted by atomic mass is 10.2. The van der Waals surface area contributed by atoms with Crippen LogP contribution in [0.1, 0.15) is 0 Å². The molecule has 4 nitrogen and oxygen atoms in total. The Bertz CT molecular complexity index is 556. The number of benzene rings is 1. The Labute approximate surface area is 113 Å². The lowest BCUT2D eigenvalue weighted by molar-refractivity contribution is 0.0939.